The number of carbonyl (C=O) groups is 3. The minimum absolute atomic E-state index is 0.0271. The van der Waals surface area contributed by atoms with Gasteiger partial charge in [-0.25, -0.2) is 9.59 Å². The molecule has 0 saturated carbocycles. The Bertz CT molecular complexity index is 746. The molecule has 1 heterocycles. The molecule has 0 unspecified atom stereocenters. The van der Waals surface area contributed by atoms with Gasteiger partial charge in [0.25, 0.3) is 5.91 Å². The van der Waals surface area contributed by atoms with E-state index in [0.717, 1.165) is 0 Å². The van der Waals surface area contributed by atoms with Crippen molar-refractivity contribution in [3.8, 4) is 0 Å². The summed E-state index contributed by atoms with van der Waals surface area (Å²) in [5, 5.41) is 4.86. The number of halogens is 2. The average molecular weight is 371 g/mol. The van der Waals surface area contributed by atoms with Crippen molar-refractivity contribution < 1.29 is 23.5 Å². The Morgan fingerprint density at radius 1 is 1.17 bits per heavy atom. The third kappa shape index (κ3) is 5.29. The lowest BCUT2D eigenvalue weighted by molar-refractivity contribution is -0.123. The van der Waals surface area contributed by atoms with Crippen molar-refractivity contribution in [2.24, 2.45) is 0 Å². The number of nitrogens with one attached hydrogen (secondary N) is 2. The second kappa shape index (κ2) is 8.37. The van der Waals surface area contributed by atoms with Crippen LogP contribution < -0.4 is 10.6 Å². The lowest BCUT2D eigenvalue weighted by atomic mass is 10.2. The summed E-state index contributed by atoms with van der Waals surface area (Å²) in [7, 11) is 0. The van der Waals surface area contributed by atoms with E-state index in [1.165, 1.54) is 24.5 Å². The quantitative estimate of drug-likeness (QED) is 0.788. The molecule has 0 aliphatic rings. The molecule has 1 aromatic carbocycles. The molecule has 0 fully saturated rings. The van der Waals surface area contributed by atoms with Gasteiger partial charge in [0.15, 0.2) is 6.61 Å². The molecule has 2 rings (SSSR count). The number of carbonyl (C=O) groups excluding carboxylic acids is 3. The zero-order valence-electron chi connectivity index (χ0n) is 12.2. The summed E-state index contributed by atoms with van der Waals surface area (Å²) in [6.07, 6.45) is 1.46. The van der Waals surface area contributed by atoms with Crippen LogP contribution in [0.3, 0.4) is 0 Å². The number of hydrogen-bond donors (Lipinski definition) is 2. The van der Waals surface area contributed by atoms with Crippen molar-refractivity contribution in [1.82, 2.24) is 10.6 Å². The highest BCUT2D eigenvalue weighted by Gasteiger charge is 2.15. The highest BCUT2D eigenvalue weighted by molar-refractivity contribution is 6.35. The van der Waals surface area contributed by atoms with Gasteiger partial charge in [0.05, 0.1) is 23.4 Å². The first-order valence-electron chi connectivity index (χ1n) is 6.68. The van der Waals surface area contributed by atoms with E-state index in [1.807, 2.05) is 5.32 Å². The lowest BCUT2D eigenvalue weighted by Gasteiger charge is -2.07. The van der Waals surface area contributed by atoms with Gasteiger partial charge in [-0.3, -0.25) is 10.1 Å². The predicted molar refractivity (Wildman–Crippen MR) is 85.8 cm³/mol. The number of amides is 3. The molecule has 9 heteroatoms. The molecular weight excluding hydrogens is 359 g/mol. The second-order valence-corrected chi connectivity index (χ2v) is 5.35. The van der Waals surface area contributed by atoms with Crippen LogP contribution in [-0.4, -0.2) is 24.5 Å². The van der Waals surface area contributed by atoms with Crippen LogP contribution in [0.15, 0.2) is 41.0 Å². The van der Waals surface area contributed by atoms with Crippen molar-refractivity contribution in [3.63, 3.8) is 0 Å². The fourth-order valence-corrected chi connectivity index (χ4v) is 2.02. The van der Waals surface area contributed by atoms with Gasteiger partial charge in [0, 0.05) is 5.02 Å². The molecule has 0 aliphatic carbocycles. The van der Waals surface area contributed by atoms with Gasteiger partial charge in [0.1, 0.15) is 5.76 Å². The largest absolute Gasteiger partial charge is 0.467 e. The Hall–Kier alpha value is -2.51. The van der Waals surface area contributed by atoms with Crippen LogP contribution in [0.25, 0.3) is 0 Å². The predicted octanol–water partition coefficient (Wildman–Crippen LogP) is 2.77. The molecule has 7 nitrogen and oxygen atoms in total. The monoisotopic (exact) mass is 370 g/mol. The maximum Gasteiger partial charge on any atom is 0.340 e. The van der Waals surface area contributed by atoms with Crippen LogP contribution in [-0.2, 0) is 16.1 Å². The summed E-state index contributed by atoms with van der Waals surface area (Å²) in [6, 6.07) is 6.85. The molecule has 3 amide bonds. The van der Waals surface area contributed by atoms with E-state index in [9.17, 15) is 14.4 Å². The van der Waals surface area contributed by atoms with Crippen LogP contribution in [0, 0.1) is 0 Å². The van der Waals surface area contributed by atoms with E-state index in [-0.39, 0.29) is 17.1 Å². The molecule has 2 aromatic rings. The standard InChI is InChI=1S/C15H12Cl2N2O5/c16-9-3-4-12(17)11(6-9)14(21)24-8-13(20)19-15(22)18-7-10-2-1-5-23-10/h1-6H,7-8H2,(H2,18,19,20,22). The summed E-state index contributed by atoms with van der Waals surface area (Å²) < 4.78 is 9.80. The van der Waals surface area contributed by atoms with E-state index in [0.29, 0.717) is 10.8 Å². The Morgan fingerprint density at radius 3 is 2.67 bits per heavy atom. The third-order valence-corrected chi connectivity index (χ3v) is 3.30. The zero-order chi connectivity index (χ0) is 17.5. The van der Waals surface area contributed by atoms with Crippen LogP contribution in [0.4, 0.5) is 4.79 Å². The van der Waals surface area contributed by atoms with Gasteiger partial charge in [-0.1, -0.05) is 23.2 Å². The number of rotatable bonds is 5. The molecule has 2 N–H and O–H groups in total. The molecule has 24 heavy (non-hydrogen) atoms. The third-order valence-electron chi connectivity index (χ3n) is 2.74. The zero-order valence-corrected chi connectivity index (χ0v) is 13.7. The molecule has 0 bridgehead atoms. The van der Waals surface area contributed by atoms with Crippen molar-refractivity contribution in [1.29, 1.82) is 0 Å². The smallest absolute Gasteiger partial charge is 0.340 e. The number of furan rings is 1. The first-order chi connectivity index (χ1) is 11.5. The summed E-state index contributed by atoms with van der Waals surface area (Å²) >= 11 is 11.6. The first kappa shape index (κ1) is 17.8. The number of benzene rings is 1. The Morgan fingerprint density at radius 2 is 1.96 bits per heavy atom. The Balaban J connectivity index is 1.77. The minimum atomic E-state index is -0.825. The SMILES string of the molecule is O=C(COC(=O)c1cc(Cl)ccc1Cl)NC(=O)NCc1ccco1. The molecule has 0 saturated heterocycles. The van der Waals surface area contributed by atoms with Crippen LogP contribution in [0.1, 0.15) is 16.1 Å². The molecule has 0 atom stereocenters. The summed E-state index contributed by atoms with van der Waals surface area (Å²) in [4.78, 5) is 34.9. The van der Waals surface area contributed by atoms with Crippen LogP contribution >= 0.6 is 23.2 Å². The maximum atomic E-state index is 11.8. The Labute approximate surface area is 146 Å². The maximum absolute atomic E-state index is 11.8. The van der Waals surface area contributed by atoms with Gasteiger partial charge in [-0.2, -0.15) is 0 Å². The van der Waals surface area contributed by atoms with E-state index < -0.39 is 24.5 Å². The number of hydrogen-bond acceptors (Lipinski definition) is 5. The molecule has 0 radical (unpaired) electrons. The summed E-state index contributed by atoms with van der Waals surface area (Å²) in [5.74, 6) is -1.09. The van der Waals surface area contributed by atoms with E-state index in [4.69, 9.17) is 32.4 Å². The summed E-state index contributed by atoms with van der Waals surface area (Å²) in [5.41, 5.74) is 0.0271. The number of imide groups is 1. The van der Waals surface area contributed by atoms with Crippen molar-refractivity contribution in [3.05, 3.63) is 58.0 Å². The minimum Gasteiger partial charge on any atom is -0.467 e. The second-order valence-electron chi connectivity index (χ2n) is 4.51. The number of urea groups is 1. The van der Waals surface area contributed by atoms with E-state index in [1.54, 1.807) is 12.1 Å². The lowest BCUT2D eigenvalue weighted by Crippen LogP contribution is -2.41. The normalized spacial score (nSPS) is 10.1. The molecule has 1 aromatic heterocycles. The highest BCUT2D eigenvalue weighted by Crippen LogP contribution is 2.21. The Kier molecular flexibility index (Phi) is 6.22. The molecule has 0 aliphatic heterocycles. The van der Waals surface area contributed by atoms with E-state index in [2.05, 4.69) is 5.32 Å². The molecule has 0 spiro atoms. The number of ether oxygens (including phenoxy) is 1. The number of esters is 1. The summed E-state index contributed by atoms with van der Waals surface area (Å²) in [6.45, 7) is -0.528. The first-order valence-corrected chi connectivity index (χ1v) is 7.43. The van der Waals surface area contributed by atoms with Gasteiger partial charge >= 0.3 is 12.0 Å². The van der Waals surface area contributed by atoms with Gasteiger partial charge in [0.2, 0.25) is 0 Å². The van der Waals surface area contributed by atoms with Gasteiger partial charge in [-0.05, 0) is 30.3 Å². The van der Waals surface area contributed by atoms with Crippen molar-refractivity contribution in [2.45, 2.75) is 6.54 Å². The molecule has 126 valence electrons. The van der Waals surface area contributed by atoms with Crippen molar-refractivity contribution in [2.75, 3.05) is 6.61 Å². The van der Waals surface area contributed by atoms with Gasteiger partial charge in [-0.15, -0.1) is 0 Å². The topological polar surface area (TPSA) is 97.6 Å². The van der Waals surface area contributed by atoms with Crippen molar-refractivity contribution >= 4 is 41.1 Å². The highest BCUT2D eigenvalue weighted by atomic mass is 35.5. The van der Waals surface area contributed by atoms with E-state index >= 15 is 0 Å². The molecular formula is C15H12Cl2N2O5. The van der Waals surface area contributed by atoms with Crippen LogP contribution in [0.2, 0.25) is 10.0 Å². The fraction of sp³-hybridized carbons (Fsp3) is 0.133. The fourth-order valence-electron chi connectivity index (χ4n) is 1.65. The average Bonchev–Trinajstić information content (AvgIpc) is 3.06. The van der Waals surface area contributed by atoms with Crippen LogP contribution in [0.5, 0.6) is 0 Å². The van der Waals surface area contributed by atoms with Gasteiger partial charge < -0.3 is 14.5 Å².